The van der Waals surface area contributed by atoms with E-state index in [0.29, 0.717) is 18.8 Å². The van der Waals surface area contributed by atoms with E-state index in [4.69, 9.17) is 15.2 Å². The van der Waals surface area contributed by atoms with Crippen molar-refractivity contribution in [2.75, 3.05) is 33.4 Å². The van der Waals surface area contributed by atoms with Crippen molar-refractivity contribution in [3.8, 4) is 11.5 Å². The zero-order valence-corrected chi connectivity index (χ0v) is 13.4. The van der Waals surface area contributed by atoms with E-state index in [-0.39, 0.29) is 11.2 Å². The molecular weight excluding hydrogens is 309 g/mol. The van der Waals surface area contributed by atoms with Gasteiger partial charge in [-0.3, -0.25) is 4.90 Å². The normalized spacial score (nSPS) is 22.3. The van der Waals surface area contributed by atoms with Gasteiger partial charge in [-0.2, -0.15) is 13.2 Å². The summed E-state index contributed by atoms with van der Waals surface area (Å²) in [6, 6.07) is 5.02. The molecule has 1 atom stereocenters. The maximum atomic E-state index is 12.3. The Morgan fingerprint density at radius 3 is 2.61 bits per heavy atom. The highest BCUT2D eigenvalue weighted by Gasteiger charge is 2.32. The monoisotopic (exact) mass is 332 g/mol. The van der Waals surface area contributed by atoms with Crippen LogP contribution in [0.2, 0.25) is 0 Å². The van der Waals surface area contributed by atoms with E-state index >= 15 is 0 Å². The molecule has 1 aromatic rings. The molecule has 4 nitrogen and oxygen atoms in total. The molecule has 0 aliphatic carbocycles. The van der Waals surface area contributed by atoms with Crippen molar-refractivity contribution < 1.29 is 22.6 Å². The Morgan fingerprint density at radius 1 is 1.30 bits per heavy atom. The molecule has 2 rings (SSSR count). The lowest BCUT2D eigenvalue weighted by Crippen LogP contribution is -2.31. The van der Waals surface area contributed by atoms with Crippen LogP contribution in [0.3, 0.4) is 0 Å². The van der Waals surface area contributed by atoms with Crippen molar-refractivity contribution in [3.05, 3.63) is 23.8 Å². The molecule has 0 saturated carbocycles. The molecular formula is C16H23F3N2O2. The molecule has 130 valence electrons. The quantitative estimate of drug-likeness (QED) is 0.870. The molecule has 2 N–H and O–H groups in total. The van der Waals surface area contributed by atoms with Gasteiger partial charge in [-0.1, -0.05) is 13.0 Å². The highest BCUT2D eigenvalue weighted by atomic mass is 19.4. The van der Waals surface area contributed by atoms with Gasteiger partial charge in [0, 0.05) is 13.1 Å². The van der Waals surface area contributed by atoms with E-state index in [1.807, 2.05) is 0 Å². The highest BCUT2D eigenvalue weighted by molar-refractivity contribution is 5.43. The van der Waals surface area contributed by atoms with Gasteiger partial charge in [0.2, 0.25) is 0 Å². The summed E-state index contributed by atoms with van der Waals surface area (Å²) in [5.74, 6) is 0.411. The lowest BCUT2D eigenvalue weighted by Gasteiger charge is -2.23. The fraction of sp³-hybridized carbons (Fsp3) is 0.625. The van der Waals surface area contributed by atoms with Crippen LogP contribution in [0.15, 0.2) is 18.2 Å². The zero-order chi connectivity index (χ0) is 17.1. The third-order valence-electron chi connectivity index (χ3n) is 4.16. The number of alkyl halides is 3. The van der Waals surface area contributed by atoms with E-state index in [9.17, 15) is 13.2 Å². The Labute approximate surface area is 134 Å². The first kappa shape index (κ1) is 17.9. The molecule has 0 radical (unpaired) electrons. The first-order valence-corrected chi connectivity index (χ1v) is 7.53. The number of rotatable bonds is 6. The van der Waals surface area contributed by atoms with Gasteiger partial charge >= 0.3 is 6.18 Å². The number of nitrogens with zero attached hydrogens (tertiary/aromatic N) is 1. The molecule has 7 heteroatoms. The minimum atomic E-state index is -4.37. The first-order valence-electron chi connectivity index (χ1n) is 7.53. The van der Waals surface area contributed by atoms with Crippen molar-refractivity contribution in [1.82, 2.24) is 4.90 Å². The number of ether oxygens (including phenoxy) is 2. The van der Waals surface area contributed by atoms with Crippen molar-refractivity contribution in [2.24, 2.45) is 11.1 Å². The smallest absolute Gasteiger partial charge is 0.422 e. The van der Waals surface area contributed by atoms with Gasteiger partial charge in [-0.05, 0) is 42.6 Å². The summed E-state index contributed by atoms with van der Waals surface area (Å²) in [5.41, 5.74) is 6.92. The SMILES string of the molecule is COc1cc(CN2CCC(C)(CN)C2)ccc1OCC(F)(F)F. The van der Waals surface area contributed by atoms with Crippen LogP contribution in [0.4, 0.5) is 13.2 Å². The second kappa shape index (κ2) is 6.97. The summed E-state index contributed by atoms with van der Waals surface area (Å²) >= 11 is 0. The molecule has 23 heavy (non-hydrogen) atoms. The Bertz CT molecular complexity index is 537. The number of benzene rings is 1. The van der Waals surface area contributed by atoms with Gasteiger partial charge in [0.25, 0.3) is 0 Å². The Balaban J connectivity index is 2.01. The molecule has 1 aromatic carbocycles. The van der Waals surface area contributed by atoms with Gasteiger partial charge in [-0.25, -0.2) is 0 Å². The fourth-order valence-corrected chi connectivity index (χ4v) is 2.77. The van der Waals surface area contributed by atoms with Crippen LogP contribution in [-0.4, -0.2) is 44.4 Å². The summed E-state index contributed by atoms with van der Waals surface area (Å²) in [7, 11) is 1.42. The van der Waals surface area contributed by atoms with Gasteiger partial charge < -0.3 is 15.2 Å². The number of methoxy groups -OCH3 is 1. The summed E-state index contributed by atoms with van der Waals surface area (Å²) in [6.45, 7) is 4.08. The van der Waals surface area contributed by atoms with Crippen LogP contribution in [0.1, 0.15) is 18.9 Å². The maximum Gasteiger partial charge on any atom is 0.422 e. The molecule has 1 heterocycles. The molecule has 1 saturated heterocycles. The number of halogens is 3. The summed E-state index contributed by atoms with van der Waals surface area (Å²) in [4.78, 5) is 2.29. The number of nitrogens with two attached hydrogens (primary N) is 1. The molecule has 0 aromatic heterocycles. The third-order valence-corrected chi connectivity index (χ3v) is 4.16. The number of hydrogen-bond acceptors (Lipinski definition) is 4. The van der Waals surface area contributed by atoms with Crippen LogP contribution in [0.5, 0.6) is 11.5 Å². The van der Waals surface area contributed by atoms with Crippen molar-refractivity contribution >= 4 is 0 Å². The molecule has 0 bridgehead atoms. The predicted molar refractivity (Wildman–Crippen MR) is 81.6 cm³/mol. The standard InChI is InChI=1S/C16H23F3N2O2/c1-15(9-20)5-6-21(10-15)8-12-3-4-13(14(7-12)22-2)23-11-16(17,18)19/h3-4,7H,5-6,8-11,20H2,1-2H3. The van der Waals surface area contributed by atoms with E-state index in [0.717, 1.165) is 25.1 Å². The fourth-order valence-electron chi connectivity index (χ4n) is 2.77. The molecule has 0 amide bonds. The third kappa shape index (κ3) is 5.00. The van der Waals surface area contributed by atoms with E-state index < -0.39 is 12.8 Å². The summed E-state index contributed by atoms with van der Waals surface area (Å²) in [6.07, 6.45) is -3.32. The average Bonchev–Trinajstić information content (AvgIpc) is 2.87. The summed E-state index contributed by atoms with van der Waals surface area (Å²) < 4.78 is 46.7. The van der Waals surface area contributed by atoms with Crippen molar-refractivity contribution in [2.45, 2.75) is 26.1 Å². The molecule has 0 spiro atoms. The lowest BCUT2D eigenvalue weighted by molar-refractivity contribution is -0.153. The minimum Gasteiger partial charge on any atom is -0.493 e. The topological polar surface area (TPSA) is 47.7 Å². The zero-order valence-electron chi connectivity index (χ0n) is 13.4. The second-order valence-corrected chi connectivity index (χ2v) is 6.36. The van der Waals surface area contributed by atoms with Crippen molar-refractivity contribution in [1.29, 1.82) is 0 Å². The average molecular weight is 332 g/mol. The van der Waals surface area contributed by atoms with Crippen LogP contribution >= 0.6 is 0 Å². The van der Waals surface area contributed by atoms with E-state index in [2.05, 4.69) is 11.8 Å². The van der Waals surface area contributed by atoms with Gasteiger partial charge in [0.1, 0.15) is 0 Å². The first-order chi connectivity index (χ1) is 10.7. The minimum absolute atomic E-state index is 0.0989. The van der Waals surface area contributed by atoms with E-state index in [1.54, 1.807) is 12.1 Å². The van der Waals surface area contributed by atoms with E-state index in [1.165, 1.54) is 13.2 Å². The lowest BCUT2D eigenvalue weighted by atomic mass is 9.90. The van der Waals surface area contributed by atoms with Crippen molar-refractivity contribution in [3.63, 3.8) is 0 Å². The van der Waals surface area contributed by atoms with Crippen LogP contribution in [0.25, 0.3) is 0 Å². The number of hydrogen-bond donors (Lipinski definition) is 1. The predicted octanol–water partition coefficient (Wildman–Crippen LogP) is 2.81. The Kier molecular flexibility index (Phi) is 5.41. The van der Waals surface area contributed by atoms with Gasteiger partial charge in [-0.15, -0.1) is 0 Å². The van der Waals surface area contributed by atoms with Crippen LogP contribution in [0, 0.1) is 5.41 Å². The molecule has 1 fully saturated rings. The van der Waals surface area contributed by atoms with Crippen LogP contribution in [-0.2, 0) is 6.54 Å². The van der Waals surface area contributed by atoms with Gasteiger partial charge in [0.05, 0.1) is 7.11 Å². The van der Waals surface area contributed by atoms with Gasteiger partial charge in [0.15, 0.2) is 18.1 Å². The summed E-state index contributed by atoms with van der Waals surface area (Å²) in [5, 5.41) is 0. The second-order valence-electron chi connectivity index (χ2n) is 6.36. The molecule has 1 aliphatic heterocycles. The largest absolute Gasteiger partial charge is 0.493 e. The molecule has 1 unspecified atom stereocenters. The number of likely N-dealkylation sites (tertiary alicyclic amines) is 1. The maximum absolute atomic E-state index is 12.3. The van der Waals surface area contributed by atoms with Crippen LogP contribution < -0.4 is 15.2 Å². The highest BCUT2D eigenvalue weighted by Crippen LogP contribution is 2.33. The Hall–Kier alpha value is -1.47. The Morgan fingerprint density at radius 2 is 2.04 bits per heavy atom. The molecule has 1 aliphatic rings.